The molecule has 3 heterocycles. The Balaban J connectivity index is 1.36. The second-order valence-corrected chi connectivity index (χ2v) is 6.47. The van der Waals surface area contributed by atoms with Crippen LogP contribution in [0.15, 0.2) is 36.5 Å². The van der Waals surface area contributed by atoms with Crippen molar-refractivity contribution in [3.8, 4) is 11.5 Å². The number of pyridine rings is 1. The molecule has 0 N–H and O–H groups in total. The molecule has 8 nitrogen and oxygen atoms in total. The number of hydrogen-bond donors (Lipinski definition) is 0. The van der Waals surface area contributed by atoms with E-state index in [4.69, 9.17) is 14.2 Å². The van der Waals surface area contributed by atoms with Crippen molar-refractivity contribution in [2.75, 3.05) is 44.5 Å². The number of hydrogen-bond acceptors (Lipinski definition) is 7. The molecule has 2 aliphatic rings. The highest BCUT2D eigenvalue weighted by Crippen LogP contribution is 2.33. The van der Waals surface area contributed by atoms with Gasteiger partial charge < -0.3 is 24.0 Å². The Hall–Kier alpha value is -3.29. The smallest absolute Gasteiger partial charge is 0.339 e. The van der Waals surface area contributed by atoms with Crippen molar-refractivity contribution in [1.82, 2.24) is 9.88 Å². The lowest BCUT2D eigenvalue weighted by atomic mass is 10.1. The first-order valence-electron chi connectivity index (χ1n) is 9.23. The number of ether oxygens (including phenoxy) is 3. The molecular formula is C20H21N3O5. The lowest BCUT2D eigenvalue weighted by Crippen LogP contribution is -2.49. The van der Waals surface area contributed by atoms with E-state index in [1.165, 1.54) is 6.20 Å². The van der Waals surface area contributed by atoms with E-state index in [0.29, 0.717) is 55.4 Å². The molecule has 146 valence electrons. The monoisotopic (exact) mass is 383 g/mol. The van der Waals surface area contributed by atoms with Crippen LogP contribution in [0.1, 0.15) is 27.6 Å². The molecular weight excluding hydrogens is 362 g/mol. The van der Waals surface area contributed by atoms with Gasteiger partial charge in [0.25, 0.3) is 5.91 Å². The lowest BCUT2D eigenvalue weighted by Gasteiger charge is -2.35. The number of carbonyl (C=O) groups is 2. The third-order valence-electron chi connectivity index (χ3n) is 4.77. The quantitative estimate of drug-likeness (QED) is 0.747. The predicted octanol–water partition coefficient (Wildman–Crippen LogP) is 1.95. The number of aromatic nitrogens is 1. The van der Waals surface area contributed by atoms with E-state index in [1.54, 1.807) is 31.2 Å². The van der Waals surface area contributed by atoms with Crippen LogP contribution in [0.5, 0.6) is 11.5 Å². The fourth-order valence-electron chi connectivity index (χ4n) is 3.26. The standard InChI is InChI=1S/C20H21N3O5/c1-2-26-20(25)15-4-6-18(21-12-15)22-7-9-23(10-8-22)19(24)14-3-5-16-17(11-14)28-13-27-16/h3-6,11-12H,2,7-10,13H2,1H3. The molecule has 8 heteroatoms. The second-order valence-electron chi connectivity index (χ2n) is 6.47. The second kappa shape index (κ2) is 7.75. The first-order valence-corrected chi connectivity index (χ1v) is 9.23. The van der Waals surface area contributed by atoms with E-state index in [9.17, 15) is 9.59 Å². The molecule has 1 amide bonds. The molecule has 1 aromatic heterocycles. The van der Waals surface area contributed by atoms with E-state index in [-0.39, 0.29) is 18.7 Å². The number of anilines is 1. The molecule has 1 saturated heterocycles. The number of fused-ring (bicyclic) bond motifs is 1. The van der Waals surface area contributed by atoms with Crippen molar-refractivity contribution in [3.63, 3.8) is 0 Å². The summed E-state index contributed by atoms with van der Waals surface area (Å²) < 4.78 is 15.6. The van der Waals surface area contributed by atoms with E-state index in [0.717, 1.165) is 5.82 Å². The van der Waals surface area contributed by atoms with E-state index < -0.39 is 0 Å². The van der Waals surface area contributed by atoms with Crippen LogP contribution in [0.2, 0.25) is 0 Å². The number of rotatable bonds is 4. The number of benzene rings is 1. The third-order valence-corrected chi connectivity index (χ3v) is 4.77. The zero-order valence-electron chi connectivity index (χ0n) is 15.6. The van der Waals surface area contributed by atoms with E-state index >= 15 is 0 Å². The molecule has 0 atom stereocenters. The maximum atomic E-state index is 12.8. The molecule has 4 rings (SSSR count). The highest BCUT2D eigenvalue weighted by molar-refractivity contribution is 5.95. The summed E-state index contributed by atoms with van der Waals surface area (Å²) in [5, 5.41) is 0. The summed E-state index contributed by atoms with van der Waals surface area (Å²) in [5.41, 5.74) is 1.02. The number of nitrogens with zero attached hydrogens (tertiary/aromatic N) is 3. The molecule has 0 unspecified atom stereocenters. The van der Waals surface area contributed by atoms with Crippen LogP contribution in [0.4, 0.5) is 5.82 Å². The zero-order valence-corrected chi connectivity index (χ0v) is 15.6. The van der Waals surface area contributed by atoms with Gasteiger partial charge in [-0.15, -0.1) is 0 Å². The summed E-state index contributed by atoms with van der Waals surface area (Å²) in [6.45, 7) is 4.81. The Morgan fingerprint density at radius 3 is 2.50 bits per heavy atom. The molecule has 0 radical (unpaired) electrons. The van der Waals surface area contributed by atoms with Gasteiger partial charge in [-0.25, -0.2) is 9.78 Å². The van der Waals surface area contributed by atoms with Crippen LogP contribution in [0.25, 0.3) is 0 Å². The Morgan fingerprint density at radius 2 is 1.79 bits per heavy atom. The molecule has 1 aromatic carbocycles. The first-order chi connectivity index (χ1) is 13.7. The van der Waals surface area contributed by atoms with Gasteiger partial charge in [-0.3, -0.25) is 4.79 Å². The summed E-state index contributed by atoms with van der Waals surface area (Å²) in [4.78, 5) is 32.8. The largest absolute Gasteiger partial charge is 0.462 e. The summed E-state index contributed by atoms with van der Waals surface area (Å²) in [7, 11) is 0. The van der Waals surface area contributed by atoms with Gasteiger partial charge in [-0.1, -0.05) is 0 Å². The summed E-state index contributed by atoms with van der Waals surface area (Å²) in [6.07, 6.45) is 1.53. The van der Waals surface area contributed by atoms with Crippen molar-refractivity contribution >= 4 is 17.7 Å². The molecule has 2 aromatic rings. The average molecular weight is 383 g/mol. The van der Waals surface area contributed by atoms with Crippen LogP contribution in [-0.2, 0) is 4.74 Å². The average Bonchev–Trinajstić information content (AvgIpc) is 3.21. The number of amides is 1. The van der Waals surface area contributed by atoms with Crippen LogP contribution in [0, 0.1) is 0 Å². The van der Waals surface area contributed by atoms with Gasteiger partial charge in [-0.2, -0.15) is 0 Å². The van der Waals surface area contributed by atoms with Crippen LogP contribution >= 0.6 is 0 Å². The predicted molar refractivity (Wildman–Crippen MR) is 101 cm³/mol. The van der Waals surface area contributed by atoms with Gasteiger partial charge >= 0.3 is 5.97 Å². The first kappa shape index (κ1) is 18.1. The van der Waals surface area contributed by atoms with Crippen LogP contribution in [0.3, 0.4) is 0 Å². The van der Waals surface area contributed by atoms with Gasteiger partial charge in [-0.05, 0) is 37.3 Å². The molecule has 0 bridgehead atoms. The molecule has 28 heavy (non-hydrogen) atoms. The van der Waals surface area contributed by atoms with Crippen molar-refractivity contribution in [3.05, 3.63) is 47.7 Å². The maximum Gasteiger partial charge on any atom is 0.339 e. The third kappa shape index (κ3) is 3.58. The highest BCUT2D eigenvalue weighted by Gasteiger charge is 2.24. The Labute approximate surface area is 162 Å². The van der Waals surface area contributed by atoms with Crippen molar-refractivity contribution < 1.29 is 23.8 Å². The van der Waals surface area contributed by atoms with E-state index in [2.05, 4.69) is 9.88 Å². The number of piperazine rings is 1. The minimum atomic E-state index is -0.374. The topological polar surface area (TPSA) is 81.2 Å². The van der Waals surface area contributed by atoms with Gasteiger partial charge in [0.1, 0.15) is 5.82 Å². The normalized spacial score (nSPS) is 15.5. The SMILES string of the molecule is CCOC(=O)c1ccc(N2CCN(C(=O)c3ccc4c(c3)OCO4)CC2)nc1. The molecule has 1 fully saturated rings. The van der Waals surface area contributed by atoms with Crippen LogP contribution < -0.4 is 14.4 Å². The molecule has 0 saturated carbocycles. The lowest BCUT2D eigenvalue weighted by molar-refractivity contribution is 0.0525. The van der Waals surface area contributed by atoms with E-state index in [1.807, 2.05) is 11.0 Å². The van der Waals surface area contributed by atoms with Gasteiger partial charge in [0.15, 0.2) is 11.5 Å². The highest BCUT2D eigenvalue weighted by atomic mass is 16.7. The summed E-state index contributed by atoms with van der Waals surface area (Å²) in [6, 6.07) is 8.78. The van der Waals surface area contributed by atoms with Crippen molar-refractivity contribution in [2.24, 2.45) is 0 Å². The van der Waals surface area contributed by atoms with Crippen molar-refractivity contribution in [2.45, 2.75) is 6.92 Å². The molecule has 2 aliphatic heterocycles. The van der Waals surface area contributed by atoms with Gasteiger partial charge in [0.2, 0.25) is 6.79 Å². The summed E-state index contributed by atoms with van der Waals surface area (Å²) in [5.74, 6) is 1.65. The molecule has 0 spiro atoms. The Kier molecular flexibility index (Phi) is 5.01. The van der Waals surface area contributed by atoms with Gasteiger partial charge in [0, 0.05) is 37.9 Å². The Bertz CT molecular complexity index is 876. The van der Waals surface area contributed by atoms with Crippen molar-refractivity contribution in [1.29, 1.82) is 0 Å². The number of carbonyl (C=O) groups excluding carboxylic acids is 2. The molecule has 0 aliphatic carbocycles. The Morgan fingerprint density at radius 1 is 1.04 bits per heavy atom. The maximum absolute atomic E-state index is 12.8. The summed E-state index contributed by atoms with van der Waals surface area (Å²) >= 11 is 0. The fraction of sp³-hybridized carbons (Fsp3) is 0.350. The number of esters is 1. The fourth-order valence-corrected chi connectivity index (χ4v) is 3.26. The van der Waals surface area contributed by atoms with Gasteiger partial charge in [0.05, 0.1) is 12.2 Å². The zero-order chi connectivity index (χ0) is 19.5. The minimum Gasteiger partial charge on any atom is -0.462 e. The van der Waals surface area contributed by atoms with Crippen LogP contribution in [-0.4, -0.2) is 61.3 Å². The minimum absolute atomic E-state index is 0.0245.